The highest BCUT2D eigenvalue weighted by atomic mass is 19.4. The van der Waals surface area contributed by atoms with Crippen LogP contribution in [0, 0.1) is 11.3 Å². The van der Waals surface area contributed by atoms with Gasteiger partial charge in [-0.1, -0.05) is 0 Å². The molecular weight excluding hydrogens is 339 g/mol. The monoisotopic (exact) mass is 359 g/mol. The predicted octanol–water partition coefficient (Wildman–Crippen LogP) is 0.174. The van der Waals surface area contributed by atoms with Gasteiger partial charge in [0.1, 0.15) is 18.2 Å². The van der Waals surface area contributed by atoms with E-state index in [2.05, 4.69) is 15.7 Å². The van der Waals surface area contributed by atoms with Crippen LogP contribution in [0.5, 0.6) is 0 Å². The van der Waals surface area contributed by atoms with Crippen LogP contribution in [0.4, 0.5) is 13.2 Å². The van der Waals surface area contributed by atoms with Gasteiger partial charge in [0.2, 0.25) is 5.91 Å². The molecule has 0 aromatic rings. The molecule has 11 heteroatoms. The highest BCUT2D eigenvalue weighted by Crippen LogP contribution is 2.18. The number of amides is 1. The molecule has 6 N–H and O–H groups in total. The average molecular weight is 359 g/mol. The number of aliphatic imine (C=N–C) groups is 1. The number of rotatable bonds is 5. The van der Waals surface area contributed by atoms with Crippen molar-refractivity contribution in [2.75, 3.05) is 19.6 Å². The first kappa shape index (κ1) is 18.8. The first-order chi connectivity index (χ1) is 11.8. The summed E-state index contributed by atoms with van der Waals surface area (Å²) >= 11 is 0. The van der Waals surface area contributed by atoms with E-state index in [0.717, 1.165) is 0 Å². The summed E-state index contributed by atoms with van der Waals surface area (Å²) in [4.78, 5) is 15.7. The van der Waals surface area contributed by atoms with Gasteiger partial charge >= 0.3 is 6.18 Å². The molecule has 2 aliphatic rings. The Morgan fingerprint density at radius 1 is 1.44 bits per heavy atom. The summed E-state index contributed by atoms with van der Waals surface area (Å²) in [5, 5.41) is 14.2. The Morgan fingerprint density at radius 3 is 2.72 bits per heavy atom. The van der Waals surface area contributed by atoms with Crippen molar-refractivity contribution >= 4 is 18.1 Å². The van der Waals surface area contributed by atoms with Gasteiger partial charge < -0.3 is 21.8 Å². The van der Waals surface area contributed by atoms with E-state index in [0.29, 0.717) is 37.3 Å². The molecule has 1 saturated heterocycles. The third-order valence-electron chi connectivity index (χ3n) is 3.77. The summed E-state index contributed by atoms with van der Waals surface area (Å²) < 4.78 is 36.5. The van der Waals surface area contributed by atoms with Gasteiger partial charge in [-0.05, 0) is 18.9 Å². The quantitative estimate of drug-likeness (QED) is 0.354. The van der Waals surface area contributed by atoms with E-state index in [1.54, 1.807) is 6.08 Å². The van der Waals surface area contributed by atoms with Crippen molar-refractivity contribution < 1.29 is 18.0 Å². The number of alkyl halides is 3. The molecule has 25 heavy (non-hydrogen) atoms. The van der Waals surface area contributed by atoms with Crippen LogP contribution in [0.2, 0.25) is 0 Å². The maximum Gasteiger partial charge on any atom is 0.405 e. The number of nitrogens with two attached hydrogens (primary N) is 1. The summed E-state index contributed by atoms with van der Waals surface area (Å²) in [6.45, 7) is -0.391. The number of amidine groups is 1. The van der Waals surface area contributed by atoms with Crippen LogP contribution in [0.15, 0.2) is 28.7 Å². The van der Waals surface area contributed by atoms with Crippen LogP contribution in [-0.2, 0) is 4.79 Å². The topological polar surface area (TPSA) is 119 Å². The largest absolute Gasteiger partial charge is 0.405 e. The smallest absolute Gasteiger partial charge is 0.384 e. The second kappa shape index (κ2) is 8.01. The van der Waals surface area contributed by atoms with Crippen molar-refractivity contribution in [1.82, 2.24) is 21.1 Å². The molecule has 8 nitrogen and oxygen atoms in total. The fourth-order valence-corrected chi connectivity index (χ4v) is 2.48. The van der Waals surface area contributed by atoms with Crippen molar-refractivity contribution in [3.63, 3.8) is 0 Å². The zero-order valence-electron chi connectivity index (χ0n) is 13.4. The lowest BCUT2D eigenvalue weighted by Gasteiger charge is -2.33. The minimum atomic E-state index is -4.41. The molecule has 0 aromatic carbocycles. The fraction of sp³-hybridized carbons (Fsp3) is 0.500. The van der Waals surface area contributed by atoms with Crippen molar-refractivity contribution in [2.45, 2.75) is 19.0 Å². The Balaban J connectivity index is 1.87. The van der Waals surface area contributed by atoms with E-state index in [9.17, 15) is 18.0 Å². The van der Waals surface area contributed by atoms with Crippen LogP contribution in [-0.4, -0.2) is 48.9 Å². The van der Waals surface area contributed by atoms with Crippen LogP contribution >= 0.6 is 0 Å². The molecular formula is C14H20F3N7O. The van der Waals surface area contributed by atoms with Gasteiger partial charge in [-0.25, -0.2) is 10.0 Å². The third kappa shape index (κ3) is 5.78. The minimum Gasteiger partial charge on any atom is -0.384 e. The molecule has 0 aromatic heterocycles. The lowest BCUT2D eigenvalue weighted by Crippen LogP contribution is -2.49. The maximum atomic E-state index is 12.2. The summed E-state index contributed by atoms with van der Waals surface area (Å²) in [5.41, 5.74) is 9.04. The van der Waals surface area contributed by atoms with Crippen LogP contribution in [0.1, 0.15) is 12.8 Å². The first-order valence-corrected chi connectivity index (χ1v) is 7.66. The molecule has 0 atom stereocenters. The summed E-state index contributed by atoms with van der Waals surface area (Å²) in [5.74, 6) is -0.698. The molecule has 0 aliphatic carbocycles. The van der Waals surface area contributed by atoms with E-state index in [1.807, 2.05) is 10.3 Å². The molecule has 138 valence electrons. The van der Waals surface area contributed by atoms with Gasteiger partial charge in [-0.3, -0.25) is 10.2 Å². The Kier molecular flexibility index (Phi) is 6.02. The lowest BCUT2D eigenvalue weighted by molar-refractivity contribution is -0.141. The van der Waals surface area contributed by atoms with Crippen molar-refractivity contribution in [2.24, 2.45) is 16.6 Å². The Bertz CT molecular complexity index is 604. The Hall–Kier alpha value is -2.56. The molecule has 2 rings (SSSR count). The van der Waals surface area contributed by atoms with E-state index < -0.39 is 24.5 Å². The molecule has 2 heterocycles. The molecule has 0 radical (unpaired) electrons. The van der Waals surface area contributed by atoms with Gasteiger partial charge in [0, 0.05) is 25.2 Å². The number of nitrogens with zero attached hydrogens (tertiary/aromatic N) is 2. The number of hydrazine groups is 1. The van der Waals surface area contributed by atoms with Crippen LogP contribution < -0.4 is 21.8 Å². The molecule has 1 amide bonds. The number of piperidine rings is 1. The van der Waals surface area contributed by atoms with E-state index in [1.165, 1.54) is 12.5 Å². The molecule has 0 spiro atoms. The summed E-state index contributed by atoms with van der Waals surface area (Å²) in [6, 6.07) is 0. The van der Waals surface area contributed by atoms with Gasteiger partial charge in [-0.15, -0.1) is 0 Å². The van der Waals surface area contributed by atoms with E-state index in [4.69, 9.17) is 11.1 Å². The fourth-order valence-electron chi connectivity index (χ4n) is 2.48. The van der Waals surface area contributed by atoms with E-state index in [-0.39, 0.29) is 5.84 Å². The Morgan fingerprint density at radius 2 is 2.12 bits per heavy atom. The highest BCUT2D eigenvalue weighted by molar-refractivity contribution is 5.98. The van der Waals surface area contributed by atoms with Gasteiger partial charge in [0.05, 0.1) is 11.9 Å². The summed E-state index contributed by atoms with van der Waals surface area (Å²) in [7, 11) is 0. The Labute approximate surface area is 142 Å². The first-order valence-electron chi connectivity index (χ1n) is 7.66. The predicted molar refractivity (Wildman–Crippen MR) is 86.2 cm³/mol. The maximum absolute atomic E-state index is 12.2. The number of hydrogen-bond donors (Lipinski definition) is 5. The average Bonchev–Trinajstić information content (AvgIpc) is 2.78. The van der Waals surface area contributed by atoms with Crippen LogP contribution in [0.25, 0.3) is 0 Å². The van der Waals surface area contributed by atoms with Gasteiger partial charge in [-0.2, -0.15) is 13.2 Å². The zero-order valence-corrected chi connectivity index (χ0v) is 13.4. The van der Waals surface area contributed by atoms with Crippen molar-refractivity contribution in [1.29, 1.82) is 5.41 Å². The van der Waals surface area contributed by atoms with Gasteiger partial charge in [0.15, 0.2) is 0 Å². The van der Waals surface area contributed by atoms with Crippen molar-refractivity contribution in [3.8, 4) is 0 Å². The number of carbonyl (C=O) groups is 1. The number of halogens is 3. The second-order valence-corrected chi connectivity index (χ2v) is 5.65. The minimum absolute atomic E-state index is 0.141. The molecule has 2 aliphatic heterocycles. The number of carbonyl (C=O) groups excluding carboxylic acids is 1. The molecule has 0 bridgehead atoms. The SMILES string of the molecule is N=C(N)C1=C(NN2CCC(C(=O)NCC(F)(F)F)CC2)NC=NC=C1. The number of nitrogens with one attached hydrogen (secondary N) is 4. The number of hydrogen-bond acceptors (Lipinski definition) is 6. The lowest BCUT2D eigenvalue weighted by atomic mass is 9.97. The molecule has 0 saturated carbocycles. The zero-order chi connectivity index (χ0) is 18.4. The summed E-state index contributed by atoms with van der Waals surface area (Å²) in [6.07, 6.45) is 0.945. The second-order valence-electron chi connectivity index (χ2n) is 5.65. The standard InChI is InChI=1S/C14H20F3N7O/c15-14(16,17)7-21-13(25)9-2-5-24(6-3-9)23-12-10(11(18)19)1-4-20-8-22-12/h1,4,8-9,23H,2-3,5-7H2,(H3,18,19)(H,20,22)(H,21,25). The third-order valence-corrected chi connectivity index (χ3v) is 3.77. The molecule has 1 fully saturated rings. The van der Waals surface area contributed by atoms with Crippen molar-refractivity contribution in [3.05, 3.63) is 23.7 Å². The van der Waals surface area contributed by atoms with E-state index >= 15 is 0 Å². The van der Waals surface area contributed by atoms with Gasteiger partial charge in [0.25, 0.3) is 0 Å². The normalized spacial score (nSPS) is 19.3. The van der Waals surface area contributed by atoms with Crippen LogP contribution in [0.3, 0.4) is 0 Å². The highest BCUT2D eigenvalue weighted by Gasteiger charge is 2.31. The molecule has 0 unspecified atom stereocenters.